The molecule has 3 heteroatoms. The minimum Gasteiger partial charge on any atom is -0.375 e. The van der Waals surface area contributed by atoms with Crippen LogP contribution in [0, 0.1) is 0 Å². The molecule has 0 aromatic carbocycles. The van der Waals surface area contributed by atoms with Gasteiger partial charge in [0.05, 0.1) is 12.2 Å². The number of hydrogen-bond donors (Lipinski definition) is 1. The largest absolute Gasteiger partial charge is 0.375 e. The van der Waals surface area contributed by atoms with Crippen molar-refractivity contribution in [3.05, 3.63) is 0 Å². The summed E-state index contributed by atoms with van der Waals surface area (Å²) in [5, 5.41) is 0. The van der Waals surface area contributed by atoms with Crippen LogP contribution in [-0.4, -0.2) is 42.8 Å². The fraction of sp³-hybridized carbons (Fsp3) is 1.00. The fourth-order valence-electron chi connectivity index (χ4n) is 2.34. The van der Waals surface area contributed by atoms with Gasteiger partial charge in [-0.3, -0.25) is 4.90 Å². The molecule has 0 aliphatic carbocycles. The highest BCUT2D eigenvalue weighted by Gasteiger charge is 2.21. The molecule has 0 saturated carbocycles. The Kier molecular flexibility index (Phi) is 5.73. The SMILES string of the molecule is CC(C)(C)OCCN1CCCCC1CCN. The summed E-state index contributed by atoms with van der Waals surface area (Å²) in [5.41, 5.74) is 5.65. The normalized spacial score (nSPS) is 23.6. The summed E-state index contributed by atoms with van der Waals surface area (Å²) >= 11 is 0. The van der Waals surface area contributed by atoms with E-state index in [9.17, 15) is 0 Å². The van der Waals surface area contributed by atoms with Gasteiger partial charge in [-0.25, -0.2) is 0 Å². The van der Waals surface area contributed by atoms with Gasteiger partial charge in [-0.1, -0.05) is 6.42 Å². The van der Waals surface area contributed by atoms with E-state index in [1.165, 1.54) is 25.8 Å². The van der Waals surface area contributed by atoms with Crippen LogP contribution in [0.2, 0.25) is 0 Å². The highest BCUT2D eigenvalue weighted by atomic mass is 16.5. The van der Waals surface area contributed by atoms with Crippen molar-refractivity contribution >= 4 is 0 Å². The Morgan fingerprint density at radius 3 is 2.69 bits per heavy atom. The number of rotatable bonds is 5. The maximum atomic E-state index is 5.79. The first-order valence-corrected chi connectivity index (χ1v) is 6.61. The zero-order chi connectivity index (χ0) is 12.0. The maximum Gasteiger partial charge on any atom is 0.0600 e. The molecule has 0 aromatic heterocycles. The van der Waals surface area contributed by atoms with Crippen LogP contribution in [0.3, 0.4) is 0 Å². The number of piperidine rings is 1. The van der Waals surface area contributed by atoms with Crippen LogP contribution in [-0.2, 0) is 4.74 Å². The average Bonchev–Trinajstić information content (AvgIpc) is 2.19. The highest BCUT2D eigenvalue weighted by Crippen LogP contribution is 2.19. The molecule has 0 amide bonds. The van der Waals surface area contributed by atoms with Gasteiger partial charge in [0.25, 0.3) is 0 Å². The van der Waals surface area contributed by atoms with Crippen molar-refractivity contribution in [2.45, 2.75) is 58.1 Å². The van der Waals surface area contributed by atoms with Gasteiger partial charge >= 0.3 is 0 Å². The maximum absolute atomic E-state index is 5.79. The van der Waals surface area contributed by atoms with Crippen LogP contribution in [0.25, 0.3) is 0 Å². The molecule has 3 nitrogen and oxygen atoms in total. The summed E-state index contributed by atoms with van der Waals surface area (Å²) in [6.07, 6.45) is 5.14. The lowest BCUT2D eigenvalue weighted by molar-refractivity contribution is -0.0214. The molecule has 0 spiro atoms. The predicted octanol–water partition coefficient (Wildman–Crippen LogP) is 2.00. The van der Waals surface area contributed by atoms with Crippen LogP contribution >= 0.6 is 0 Å². The molecular weight excluding hydrogens is 200 g/mol. The monoisotopic (exact) mass is 228 g/mol. The first-order chi connectivity index (χ1) is 7.53. The molecule has 1 aliphatic heterocycles. The molecule has 16 heavy (non-hydrogen) atoms. The zero-order valence-corrected chi connectivity index (χ0v) is 11.2. The molecule has 1 saturated heterocycles. The van der Waals surface area contributed by atoms with E-state index in [0.29, 0.717) is 6.04 Å². The molecule has 0 radical (unpaired) electrons. The Morgan fingerprint density at radius 1 is 1.31 bits per heavy atom. The quantitative estimate of drug-likeness (QED) is 0.782. The summed E-state index contributed by atoms with van der Waals surface area (Å²) in [6, 6.07) is 0.697. The third kappa shape index (κ3) is 5.28. The minimum absolute atomic E-state index is 0.0147. The topological polar surface area (TPSA) is 38.5 Å². The van der Waals surface area contributed by atoms with Crippen molar-refractivity contribution in [3.63, 3.8) is 0 Å². The van der Waals surface area contributed by atoms with Gasteiger partial charge in [0, 0.05) is 12.6 Å². The van der Waals surface area contributed by atoms with E-state index in [2.05, 4.69) is 25.7 Å². The Hall–Kier alpha value is -0.120. The van der Waals surface area contributed by atoms with E-state index in [4.69, 9.17) is 10.5 Å². The number of nitrogens with zero attached hydrogens (tertiary/aromatic N) is 1. The van der Waals surface area contributed by atoms with E-state index < -0.39 is 0 Å². The Labute approximate surface area is 100 Å². The third-order valence-corrected chi connectivity index (χ3v) is 3.16. The van der Waals surface area contributed by atoms with Crippen molar-refractivity contribution in [3.8, 4) is 0 Å². The lowest BCUT2D eigenvalue weighted by atomic mass is 9.99. The zero-order valence-electron chi connectivity index (χ0n) is 11.2. The minimum atomic E-state index is -0.0147. The molecule has 1 atom stereocenters. The van der Waals surface area contributed by atoms with E-state index in [0.717, 1.165) is 26.1 Å². The van der Waals surface area contributed by atoms with Crippen molar-refractivity contribution in [2.75, 3.05) is 26.2 Å². The standard InChI is InChI=1S/C13H28N2O/c1-13(2,3)16-11-10-15-9-5-4-6-12(15)7-8-14/h12H,4-11,14H2,1-3H3. The van der Waals surface area contributed by atoms with E-state index in [1.54, 1.807) is 0 Å². The smallest absolute Gasteiger partial charge is 0.0600 e. The van der Waals surface area contributed by atoms with Gasteiger partial charge in [-0.2, -0.15) is 0 Å². The second-order valence-corrected chi connectivity index (χ2v) is 5.72. The predicted molar refractivity (Wildman–Crippen MR) is 68.6 cm³/mol. The van der Waals surface area contributed by atoms with Crippen LogP contribution in [0.15, 0.2) is 0 Å². The van der Waals surface area contributed by atoms with Crippen LogP contribution in [0.5, 0.6) is 0 Å². The van der Waals surface area contributed by atoms with Gasteiger partial charge in [0.2, 0.25) is 0 Å². The number of hydrogen-bond acceptors (Lipinski definition) is 3. The van der Waals surface area contributed by atoms with Crippen LogP contribution < -0.4 is 5.73 Å². The first-order valence-electron chi connectivity index (χ1n) is 6.61. The summed E-state index contributed by atoms with van der Waals surface area (Å²) in [7, 11) is 0. The number of nitrogens with two attached hydrogens (primary N) is 1. The fourth-order valence-corrected chi connectivity index (χ4v) is 2.34. The number of likely N-dealkylation sites (tertiary alicyclic amines) is 1. The summed E-state index contributed by atoms with van der Waals surface area (Å²) in [6.45, 7) is 10.3. The number of ether oxygens (including phenoxy) is 1. The molecule has 1 heterocycles. The van der Waals surface area contributed by atoms with Gasteiger partial charge in [-0.05, 0) is 53.1 Å². The van der Waals surface area contributed by atoms with E-state index in [-0.39, 0.29) is 5.60 Å². The summed E-state index contributed by atoms with van der Waals surface area (Å²) in [5.74, 6) is 0. The summed E-state index contributed by atoms with van der Waals surface area (Å²) in [4.78, 5) is 2.56. The first kappa shape index (κ1) is 13.9. The van der Waals surface area contributed by atoms with E-state index >= 15 is 0 Å². The molecule has 96 valence electrons. The molecule has 1 fully saturated rings. The van der Waals surface area contributed by atoms with Crippen LogP contribution in [0.1, 0.15) is 46.5 Å². The van der Waals surface area contributed by atoms with Gasteiger partial charge in [0.15, 0.2) is 0 Å². The van der Waals surface area contributed by atoms with Crippen molar-refractivity contribution in [2.24, 2.45) is 5.73 Å². The Balaban J connectivity index is 2.27. The van der Waals surface area contributed by atoms with Gasteiger partial charge < -0.3 is 10.5 Å². The molecule has 0 aromatic rings. The molecular formula is C13H28N2O. The van der Waals surface area contributed by atoms with Gasteiger partial charge in [0.1, 0.15) is 0 Å². The highest BCUT2D eigenvalue weighted by molar-refractivity contribution is 4.77. The second kappa shape index (κ2) is 6.58. The third-order valence-electron chi connectivity index (χ3n) is 3.16. The second-order valence-electron chi connectivity index (χ2n) is 5.72. The Morgan fingerprint density at radius 2 is 2.06 bits per heavy atom. The molecule has 2 N–H and O–H groups in total. The van der Waals surface area contributed by atoms with E-state index in [1.807, 2.05) is 0 Å². The molecule has 1 aliphatic rings. The average molecular weight is 228 g/mol. The van der Waals surface area contributed by atoms with Crippen molar-refractivity contribution in [1.29, 1.82) is 0 Å². The lowest BCUT2D eigenvalue weighted by Gasteiger charge is -2.36. The molecule has 1 rings (SSSR count). The molecule has 1 unspecified atom stereocenters. The molecule has 0 bridgehead atoms. The van der Waals surface area contributed by atoms with Crippen molar-refractivity contribution in [1.82, 2.24) is 4.90 Å². The lowest BCUT2D eigenvalue weighted by Crippen LogP contribution is -2.43. The van der Waals surface area contributed by atoms with Crippen LogP contribution in [0.4, 0.5) is 0 Å². The van der Waals surface area contributed by atoms with Crippen molar-refractivity contribution < 1.29 is 4.74 Å². The Bertz CT molecular complexity index is 187. The van der Waals surface area contributed by atoms with Gasteiger partial charge in [-0.15, -0.1) is 0 Å². The summed E-state index contributed by atoms with van der Waals surface area (Å²) < 4.78 is 5.79.